The first kappa shape index (κ1) is 17.0. The molecule has 0 saturated carbocycles. The van der Waals surface area contributed by atoms with E-state index in [9.17, 15) is 0 Å². The molecule has 3 heteroatoms. The van der Waals surface area contributed by atoms with Crippen molar-refractivity contribution in [1.82, 2.24) is 5.32 Å². The Balaban J connectivity index is 2.19. The van der Waals surface area contributed by atoms with E-state index in [1.165, 1.54) is 12.8 Å². The summed E-state index contributed by atoms with van der Waals surface area (Å²) in [5, 5.41) is 3.47. The minimum atomic E-state index is 0.341. The van der Waals surface area contributed by atoms with Crippen molar-refractivity contribution in [2.45, 2.75) is 33.1 Å². The highest BCUT2D eigenvalue weighted by atomic mass is 16.5. The SMILES string of the molecule is CCC(C)(CCCOc1ccccc1)CNCCOC. The molecule has 0 aliphatic carbocycles. The Labute approximate surface area is 123 Å². The number of rotatable bonds is 11. The second-order valence-corrected chi connectivity index (χ2v) is 5.60. The molecular formula is C17H29NO2. The van der Waals surface area contributed by atoms with Gasteiger partial charge < -0.3 is 14.8 Å². The van der Waals surface area contributed by atoms with Gasteiger partial charge in [0, 0.05) is 20.2 Å². The number of benzene rings is 1. The first-order chi connectivity index (χ1) is 9.70. The maximum Gasteiger partial charge on any atom is 0.119 e. The van der Waals surface area contributed by atoms with Gasteiger partial charge in [-0.2, -0.15) is 0 Å². The third-order valence-corrected chi connectivity index (χ3v) is 3.82. The lowest BCUT2D eigenvalue weighted by molar-refractivity contribution is 0.185. The van der Waals surface area contributed by atoms with E-state index in [1.54, 1.807) is 7.11 Å². The fraction of sp³-hybridized carbons (Fsp3) is 0.647. The van der Waals surface area contributed by atoms with Crippen LogP contribution in [0.5, 0.6) is 5.75 Å². The van der Waals surface area contributed by atoms with Crippen LogP contribution >= 0.6 is 0 Å². The Morgan fingerprint density at radius 3 is 2.55 bits per heavy atom. The number of methoxy groups -OCH3 is 1. The van der Waals surface area contributed by atoms with Crippen molar-refractivity contribution in [2.75, 3.05) is 33.4 Å². The molecule has 1 aromatic rings. The van der Waals surface area contributed by atoms with Gasteiger partial charge in [-0.05, 0) is 36.8 Å². The van der Waals surface area contributed by atoms with Gasteiger partial charge >= 0.3 is 0 Å². The van der Waals surface area contributed by atoms with Crippen molar-refractivity contribution < 1.29 is 9.47 Å². The highest BCUT2D eigenvalue weighted by Gasteiger charge is 2.20. The lowest BCUT2D eigenvalue weighted by Gasteiger charge is -2.28. The second kappa shape index (κ2) is 9.78. The first-order valence-corrected chi connectivity index (χ1v) is 7.58. The molecule has 0 bridgehead atoms. The summed E-state index contributed by atoms with van der Waals surface area (Å²) in [6.07, 6.45) is 3.44. The van der Waals surface area contributed by atoms with Gasteiger partial charge in [-0.25, -0.2) is 0 Å². The normalized spacial score (nSPS) is 13.9. The van der Waals surface area contributed by atoms with Crippen LogP contribution in [0.1, 0.15) is 33.1 Å². The van der Waals surface area contributed by atoms with Gasteiger partial charge in [-0.3, -0.25) is 0 Å². The van der Waals surface area contributed by atoms with Crippen LogP contribution in [0, 0.1) is 5.41 Å². The van der Waals surface area contributed by atoms with Gasteiger partial charge in [-0.1, -0.05) is 32.0 Å². The summed E-state index contributed by atoms with van der Waals surface area (Å²) in [5.41, 5.74) is 0.341. The minimum Gasteiger partial charge on any atom is -0.494 e. The predicted molar refractivity (Wildman–Crippen MR) is 84.3 cm³/mol. The van der Waals surface area contributed by atoms with Crippen LogP contribution in [-0.2, 0) is 4.74 Å². The van der Waals surface area contributed by atoms with E-state index in [1.807, 2.05) is 30.3 Å². The van der Waals surface area contributed by atoms with E-state index >= 15 is 0 Å². The fourth-order valence-corrected chi connectivity index (χ4v) is 2.16. The number of para-hydroxylation sites is 1. The molecule has 0 aromatic heterocycles. The molecule has 3 nitrogen and oxygen atoms in total. The van der Waals surface area contributed by atoms with Gasteiger partial charge in [0.15, 0.2) is 0 Å². The van der Waals surface area contributed by atoms with Crippen LogP contribution < -0.4 is 10.1 Å². The second-order valence-electron chi connectivity index (χ2n) is 5.60. The van der Waals surface area contributed by atoms with E-state index in [-0.39, 0.29) is 0 Å². The molecule has 0 aliphatic rings. The summed E-state index contributed by atoms with van der Waals surface area (Å²) < 4.78 is 10.8. The van der Waals surface area contributed by atoms with Crippen LogP contribution in [0.15, 0.2) is 30.3 Å². The van der Waals surface area contributed by atoms with Crippen LogP contribution in [0.2, 0.25) is 0 Å². The minimum absolute atomic E-state index is 0.341. The molecule has 0 radical (unpaired) electrons. The molecule has 1 N–H and O–H groups in total. The van der Waals surface area contributed by atoms with Crippen LogP contribution in [-0.4, -0.2) is 33.4 Å². The molecule has 1 rings (SSSR count). The third-order valence-electron chi connectivity index (χ3n) is 3.82. The topological polar surface area (TPSA) is 30.5 Å². The highest BCUT2D eigenvalue weighted by molar-refractivity contribution is 5.20. The summed E-state index contributed by atoms with van der Waals surface area (Å²) in [7, 11) is 1.74. The maximum absolute atomic E-state index is 5.75. The molecule has 0 saturated heterocycles. The number of ether oxygens (including phenoxy) is 2. The van der Waals surface area contributed by atoms with Gasteiger partial charge in [0.05, 0.1) is 13.2 Å². The monoisotopic (exact) mass is 279 g/mol. The molecule has 114 valence electrons. The van der Waals surface area contributed by atoms with E-state index in [0.717, 1.165) is 38.5 Å². The van der Waals surface area contributed by atoms with Gasteiger partial charge in [0.25, 0.3) is 0 Å². The molecule has 0 heterocycles. The smallest absolute Gasteiger partial charge is 0.119 e. The zero-order valence-electron chi connectivity index (χ0n) is 13.2. The van der Waals surface area contributed by atoms with Gasteiger partial charge in [0.1, 0.15) is 5.75 Å². The lowest BCUT2D eigenvalue weighted by Crippen LogP contribution is -2.33. The van der Waals surface area contributed by atoms with Gasteiger partial charge in [0.2, 0.25) is 0 Å². The zero-order valence-corrected chi connectivity index (χ0v) is 13.2. The molecule has 0 spiro atoms. The van der Waals surface area contributed by atoms with Crippen molar-refractivity contribution in [1.29, 1.82) is 0 Å². The molecule has 0 amide bonds. The summed E-state index contributed by atoms with van der Waals surface area (Å²) >= 11 is 0. The lowest BCUT2D eigenvalue weighted by atomic mass is 9.83. The van der Waals surface area contributed by atoms with E-state index in [2.05, 4.69) is 19.2 Å². The van der Waals surface area contributed by atoms with Crippen LogP contribution in [0.3, 0.4) is 0 Å². The summed E-state index contributed by atoms with van der Waals surface area (Å²) in [4.78, 5) is 0. The largest absolute Gasteiger partial charge is 0.494 e. The summed E-state index contributed by atoms with van der Waals surface area (Å²) in [6, 6.07) is 10.0. The van der Waals surface area contributed by atoms with Crippen molar-refractivity contribution in [3.63, 3.8) is 0 Å². The Morgan fingerprint density at radius 1 is 1.15 bits per heavy atom. The van der Waals surface area contributed by atoms with E-state index < -0.39 is 0 Å². The average molecular weight is 279 g/mol. The van der Waals surface area contributed by atoms with Crippen LogP contribution in [0.25, 0.3) is 0 Å². The quantitative estimate of drug-likeness (QED) is 0.629. The molecule has 1 aromatic carbocycles. The Kier molecular flexibility index (Phi) is 8.31. The Hall–Kier alpha value is -1.06. The molecule has 1 unspecified atom stereocenters. The van der Waals surface area contributed by atoms with Crippen molar-refractivity contribution in [3.8, 4) is 5.75 Å². The average Bonchev–Trinajstić information content (AvgIpc) is 2.49. The zero-order chi connectivity index (χ0) is 14.7. The maximum atomic E-state index is 5.75. The van der Waals surface area contributed by atoms with Crippen molar-refractivity contribution in [3.05, 3.63) is 30.3 Å². The van der Waals surface area contributed by atoms with E-state index in [0.29, 0.717) is 5.41 Å². The van der Waals surface area contributed by atoms with Gasteiger partial charge in [-0.15, -0.1) is 0 Å². The molecule has 0 aliphatic heterocycles. The summed E-state index contributed by atoms with van der Waals surface area (Å²) in [6.45, 7) is 8.13. The summed E-state index contributed by atoms with van der Waals surface area (Å²) in [5.74, 6) is 0.962. The number of nitrogens with one attached hydrogen (secondary N) is 1. The Bertz CT molecular complexity index is 342. The van der Waals surface area contributed by atoms with Crippen LogP contribution in [0.4, 0.5) is 0 Å². The predicted octanol–water partition coefficient (Wildman–Crippen LogP) is 3.50. The van der Waals surface area contributed by atoms with Crippen molar-refractivity contribution >= 4 is 0 Å². The fourth-order valence-electron chi connectivity index (χ4n) is 2.16. The molecule has 1 atom stereocenters. The van der Waals surface area contributed by atoms with E-state index in [4.69, 9.17) is 9.47 Å². The first-order valence-electron chi connectivity index (χ1n) is 7.58. The molecular weight excluding hydrogens is 250 g/mol. The molecule has 0 fully saturated rings. The number of hydrogen-bond acceptors (Lipinski definition) is 3. The Morgan fingerprint density at radius 2 is 1.90 bits per heavy atom. The van der Waals surface area contributed by atoms with Crippen molar-refractivity contribution in [2.24, 2.45) is 5.41 Å². The highest BCUT2D eigenvalue weighted by Crippen LogP contribution is 2.26. The standard InChI is InChI=1S/C17H29NO2/c1-4-17(2,15-18-12-14-19-3)11-8-13-20-16-9-6-5-7-10-16/h5-7,9-10,18H,4,8,11-15H2,1-3H3. The number of hydrogen-bond donors (Lipinski definition) is 1. The third kappa shape index (κ3) is 6.92. The molecule has 20 heavy (non-hydrogen) atoms.